The summed E-state index contributed by atoms with van der Waals surface area (Å²) in [6.45, 7) is 1.38. The molecule has 2 aromatic rings. The molecule has 4 N–H and O–H groups in total. The zero-order valence-electron chi connectivity index (χ0n) is 15.0. The van der Waals surface area contributed by atoms with Crippen LogP contribution in [0.5, 0.6) is 0 Å². The number of nitrogens with one attached hydrogen (secondary N) is 2. The average Bonchev–Trinajstić information content (AvgIpc) is 3.12. The second-order valence-corrected chi connectivity index (χ2v) is 8.33. The van der Waals surface area contributed by atoms with Crippen molar-refractivity contribution in [1.29, 1.82) is 0 Å². The van der Waals surface area contributed by atoms with Crippen LogP contribution in [0.25, 0.3) is 0 Å². The number of carbonyl (C=O) groups excluding carboxylic acids is 3. The predicted octanol–water partition coefficient (Wildman–Crippen LogP) is 2.29. The third-order valence-corrected chi connectivity index (χ3v) is 5.70. The van der Waals surface area contributed by atoms with E-state index in [2.05, 4.69) is 31.5 Å². The van der Waals surface area contributed by atoms with Crippen molar-refractivity contribution >= 4 is 55.8 Å². The van der Waals surface area contributed by atoms with Crippen molar-refractivity contribution in [1.82, 2.24) is 9.88 Å². The first-order valence-corrected chi connectivity index (χ1v) is 10.4. The molecule has 1 fully saturated rings. The summed E-state index contributed by atoms with van der Waals surface area (Å²) < 4.78 is 0.839. The van der Waals surface area contributed by atoms with E-state index >= 15 is 0 Å². The number of hydrogen-bond donors (Lipinski definition) is 3. The molecule has 0 aliphatic carbocycles. The molecule has 3 heterocycles. The highest BCUT2D eigenvalue weighted by Gasteiger charge is 2.27. The Morgan fingerprint density at radius 1 is 1.29 bits per heavy atom. The van der Waals surface area contributed by atoms with E-state index in [1.807, 2.05) is 11.0 Å². The van der Waals surface area contributed by atoms with Gasteiger partial charge in [-0.3, -0.25) is 19.3 Å². The maximum Gasteiger partial charge on any atom is 0.251 e. The van der Waals surface area contributed by atoms with Crippen LogP contribution in [0.4, 0.5) is 10.8 Å². The van der Waals surface area contributed by atoms with Crippen LogP contribution >= 0.6 is 27.3 Å². The minimum absolute atomic E-state index is 0.103. The Morgan fingerprint density at radius 3 is 2.82 bits per heavy atom. The lowest BCUT2D eigenvalue weighted by atomic mass is 9.97. The molecule has 0 saturated carbocycles. The molecule has 10 heteroatoms. The molecule has 0 radical (unpaired) electrons. The van der Waals surface area contributed by atoms with Crippen LogP contribution in [0.3, 0.4) is 0 Å². The smallest absolute Gasteiger partial charge is 0.251 e. The van der Waals surface area contributed by atoms with Gasteiger partial charge >= 0.3 is 0 Å². The fourth-order valence-corrected chi connectivity index (χ4v) is 4.10. The molecule has 148 valence electrons. The summed E-state index contributed by atoms with van der Waals surface area (Å²) in [5.41, 5.74) is 5.60. The number of carbonyl (C=O) groups is 3. The molecule has 3 rings (SSSR count). The number of pyridine rings is 1. The number of thiophene rings is 1. The van der Waals surface area contributed by atoms with Crippen molar-refractivity contribution < 1.29 is 14.4 Å². The molecular weight excluding hydrogens is 446 g/mol. The van der Waals surface area contributed by atoms with Gasteiger partial charge in [-0.05, 0) is 58.9 Å². The number of primary amides is 1. The van der Waals surface area contributed by atoms with E-state index in [-0.39, 0.29) is 24.3 Å². The van der Waals surface area contributed by atoms with Crippen LogP contribution in [-0.2, 0) is 9.59 Å². The first-order chi connectivity index (χ1) is 13.4. The highest BCUT2D eigenvalue weighted by Crippen LogP contribution is 2.23. The minimum atomic E-state index is -0.576. The summed E-state index contributed by atoms with van der Waals surface area (Å²) in [5.74, 6) is -0.628. The number of nitrogens with zero attached hydrogens (tertiary/aromatic N) is 2. The van der Waals surface area contributed by atoms with Gasteiger partial charge < -0.3 is 16.4 Å². The van der Waals surface area contributed by atoms with Crippen LogP contribution < -0.4 is 16.4 Å². The van der Waals surface area contributed by atoms with Gasteiger partial charge in [-0.2, -0.15) is 0 Å². The van der Waals surface area contributed by atoms with Crippen molar-refractivity contribution in [3.05, 3.63) is 39.8 Å². The van der Waals surface area contributed by atoms with Gasteiger partial charge in [-0.1, -0.05) is 0 Å². The lowest BCUT2D eigenvalue weighted by molar-refractivity contribution is -0.123. The van der Waals surface area contributed by atoms with Crippen LogP contribution in [0.2, 0.25) is 0 Å². The Labute approximate surface area is 174 Å². The summed E-state index contributed by atoms with van der Waals surface area (Å²) in [5, 5.41) is 7.70. The van der Waals surface area contributed by atoms with E-state index in [0.717, 1.165) is 23.9 Å². The number of amides is 3. The topological polar surface area (TPSA) is 117 Å². The third-order valence-electron chi connectivity index (χ3n) is 4.41. The van der Waals surface area contributed by atoms with Crippen molar-refractivity contribution in [2.75, 3.05) is 30.3 Å². The fraction of sp³-hybridized carbons (Fsp3) is 0.333. The van der Waals surface area contributed by atoms with E-state index in [9.17, 15) is 14.4 Å². The largest absolute Gasteiger partial charge is 0.366 e. The Morgan fingerprint density at radius 2 is 2.11 bits per heavy atom. The lowest BCUT2D eigenvalue weighted by Crippen LogP contribution is -2.44. The van der Waals surface area contributed by atoms with Gasteiger partial charge in [-0.15, -0.1) is 11.3 Å². The summed E-state index contributed by atoms with van der Waals surface area (Å²) in [6.07, 6.45) is 3.21. The van der Waals surface area contributed by atoms with Gasteiger partial charge in [0, 0.05) is 17.2 Å². The second-order valence-electron chi connectivity index (χ2n) is 6.50. The standard InChI is InChI=1S/C18H20BrN5O3S/c19-12-3-4-14(21-8-12)22-17(27)11-2-1-6-24(9-11)10-15(25)23-18-13(16(20)26)5-7-28-18/h3-5,7-8,11H,1-2,6,9-10H2,(H2,20,26)(H,23,25)(H,21,22,27). The summed E-state index contributed by atoms with van der Waals surface area (Å²) in [4.78, 5) is 42.3. The van der Waals surface area contributed by atoms with Crippen LogP contribution in [0, 0.1) is 5.92 Å². The molecular formula is C18H20BrN5O3S. The number of halogens is 1. The van der Waals surface area contributed by atoms with Gasteiger partial charge in [0.2, 0.25) is 11.8 Å². The molecule has 1 unspecified atom stereocenters. The number of rotatable bonds is 6. The SMILES string of the molecule is NC(=O)c1ccsc1NC(=O)CN1CCCC(C(=O)Nc2ccc(Br)cn2)C1. The molecule has 1 atom stereocenters. The van der Waals surface area contributed by atoms with Crippen molar-refractivity contribution in [2.45, 2.75) is 12.8 Å². The van der Waals surface area contributed by atoms with E-state index in [0.29, 0.717) is 22.9 Å². The van der Waals surface area contributed by atoms with Gasteiger partial charge in [0.25, 0.3) is 5.91 Å². The molecule has 8 nitrogen and oxygen atoms in total. The van der Waals surface area contributed by atoms with Crippen molar-refractivity contribution in [3.8, 4) is 0 Å². The van der Waals surface area contributed by atoms with Crippen LogP contribution in [0.15, 0.2) is 34.2 Å². The van der Waals surface area contributed by atoms with Crippen molar-refractivity contribution in [2.24, 2.45) is 11.7 Å². The molecule has 1 saturated heterocycles. The van der Waals surface area contributed by atoms with Gasteiger partial charge in [0.15, 0.2) is 0 Å². The summed E-state index contributed by atoms with van der Waals surface area (Å²) in [6, 6.07) is 5.12. The Hall–Kier alpha value is -2.30. The maximum atomic E-state index is 12.5. The maximum absolute atomic E-state index is 12.5. The predicted molar refractivity (Wildman–Crippen MR) is 111 cm³/mol. The zero-order chi connectivity index (χ0) is 20.1. The van der Waals surface area contributed by atoms with Crippen molar-refractivity contribution in [3.63, 3.8) is 0 Å². The number of nitrogens with two attached hydrogens (primary N) is 1. The summed E-state index contributed by atoms with van der Waals surface area (Å²) >= 11 is 4.56. The molecule has 28 heavy (non-hydrogen) atoms. The highest BCUT2D eigenvalue weighted by molar-refractivity contribution is 9.10. The zero-order valence-corrected chi connectivity index (χ0v) is 17.4. The normalized spacial score (nSPS) is 17.1. The summed E-state index contributed by atoms with van der Waals surface area (Å²) in [7, 11) is 0. The molecule has 1 aliphatic rings. The van der Waals surface area contributed by atoms with E-state index in [4.69, 9.17) is 5.73 Å². The third kappa shape index (κ3) is 5.37. The first-order valence-electron chi connectivity index (χ1n) is 8.74. The number of aromatic nitrogens is 1. The van der Waals surface area contributed by atoms with E-state index in [1.54, 1.807) is 23.7 Å². The lowest BCUT2D eigenvalue weighted by Gasteiger charge is -2.31. The number of hydrogen-bond acceptors (Lipinski definition) is 6. The Bertz CT molecular complexity index is 870. The van der Waals surface area contributed by atoms with Crippen LogP contribution in [0.1, 0.15) is 23.2 Å². The molecule has 2 aromatic heterocycles. The highest BCUT2D eigenvalue weighted by atomic mass is 79.9. The quantitative estimate of drug-likeness (QED) is 0.604. The Kier molecular flexibility index (Phi) is 6.76. The molecule has 0 bridgehead atoms. The van der Waals surface area contributed by atoms with E-state index in [1.165, 1.54) is 11.3 Å². The second kappa shape index (κ2) is 9.26. The number of piperidine rings is 1. The van der Waals surface area contributed by atoms with E-state index < -0.39 is 5.91 Å². The fourth-order valence-electron chi connectivity index (χ4n) is 3.06. The first kappa shape index (κ1) is 20.4. The average molecular weight is 466 g/mol. The minimum Gasteiger partial charge on any atom is -0.366 e. The molecule has 0 spiro atoms. The molecule has 1 aliphatic heterocycles. The molecule has 3 amide bonds. The molecule has 0 aromatic carbocycles. The Balaban J connectivity index is 1.53. The van der Waals surface area contributed by atoms with Gasteiger partial charge in [-0.25, -0.2) is 4.98 Å². The number of likely N-dealkylation sites (tertiary alicyclic amines) is 1. The van der Waals surface area contributed by atoms with Gasteiger partial charge in [0.05, 0.1) is 18.0 Å². The van der Waals surface area contributed by atoms with Gasteiger partial charge in [0.1, 0.15) is 10.8 Å². The number of anilines is 2. The monoisotopic (exact) mass is 465 g/mol. The van der Waals surface area contributed by atoms with Crippen LogP contribution in [-0.4, -0.2) is 47.2 Å².